The van der Waals surface area contributed by atoms with E-state index in [1.165, 1.54) is 46.2 Å². The van der Waals surface area contributed by atoms with Crippen LogP contribution in [0, 0.1) is 0 Å². The molecule has 0 aliphatic heterocycles. The Bertz CT molecular complexity index is 892. The first-order chi connectivity index (χ1) is 11.8. The van der Waals surface area contributed by atoms with Gasteiger partial charge < -0.3 is 5.73 Å². The highest BCUT2D eigenvalue weighted by Crippen LogP contribution is 2.44. The van der Waals surface area contributed by atoms with Crippen molar-refractivity contribution in [3.05, 3.63) is 77.4 Å². The van der Waals surface area contributed by atoms with Crippen molar-refractivity contribution in [3.8, 4) is 22.3 Å². The second kappa shape index (κ2) is 6.16. The molecule has 0 saturated carbocycles. The molecule has 0 unspecified atom stereocenters. The van der Waals surface area contributed by atoms with E-state index >= 15 is 0 Å². The van der Waals surface area contributed by atoms with Gasteiger partial charge in [0.05, 0.1) is 0 Å². The van der Waals surface area contributed by atoms with Gasteiger partial charge in [0.2, 0.25) is 0 Å². The summed E-state index contributed by atoms with van der Waals surface area (Å²) < 4.78 is 0. The third kappa shape index (κ3) is 2.41. The monoisotopic (exact) mass is 313 g/mol. The lowest BCUT2D eigenvalue weighted by Gasteiger charge is -2.15. The van der Waals surface area contributed by atoms with Gasteiger partial charge >= 0.3 is 0 Å². The quantitative estimate of drug-likeness (QED) is 0.470. The zero-order valence-corrected chi connectivity index (χ0v) is 14.2. The van der Waals surface area contributed by atoms with Crippen LogP contribution < -0.4 is 5.73 Å². The van der Waals surface area contributed by atoms with E-state index in [1.807, 2.05) is 12.1 Å². The number of rotatable bonds is 4. The molecular formula is C23H23N. The minimum atomic E-state index is 0.858. The molecule has 0 bridgehead atoms. The lowest BCUT2D eigenvalue weighted by molar-refractivity contribution is 0.796. The number of nitrogens with two attached hydrogens (primary N) is 1. The lowest BCUT2D eigenvalue weighted by Crippen LogP contribution is -1.97. The van der Waals surface area contributed by atoms with Crippen molar-refractivity contribution in [2.24, 2.45) is 0 Å². The van der Waals surface area contributed by atoms with Crippen LogP contribution in [0.4, 0.5) is 5.69 Å². The zero-order chi connectivity index (χ0) is 16.5. The molecule has 0 spiro atoms. The summed E-state index contributed by atoms with van der Waals surface area (Å²) in [6.45, 7) is 2.26. The molecule has 0 aromatic heterocycles. The average molecular weight is 313 g/mol. The van der Waals surface area contributed by atoms with Crippen molar-refractivity contribution >= 4 is 5.69 Å². The van der Waals surface area contributed by atoms with Gasteiger partial charge in [-0.25, -0.2) is 0 Å². The second-order valence-electron chi connectivity index (χ2n) is 6.65. The minimum Gasteiger partial charge on any atom is -0.398 e. The number of aryl methyl sites for hydroxylation is 1. The highest BCUT2D eigenvalue weighted by Gasteiger charge is 2.24. The smallest absolute Gasteiger partial charge is 0.0393 e. The number of hydrogen-bond donors (Lipinski definition) is 1. The van der Waals surface area contributed by atoms with Crippen LogP contribution in [0.2, 0.25) is 0 Å². The normalized spacial score (nSPS) is 12.0. The number of anilines is 1. The first-order valence-corrected chi connectivity index (χ1v) is 8.87. The summed E-state index contributed by atoms with van der Waals surface area (Å²) >= 11 is 0. The molecule has 0 fully saturated rings. The molecule has 1 aliphatic rings. The average Bonchev–Trinajstić information content (AvgIpc) is 3.00. The van der Waals surface area contributed by atoms with Gasteiger partial charge in [-0.3, -0.25) is 0 Å². The molecule has 2 N–H and O–H groups in total. The van der Waals surface area contributed by atoms with Gasteiger partial charge in [-0.15, -0.1) is 0 Å². The predicted octanol–water partition coefficient (Wildman–Crippen LogP) is 5.85. The number of nitrogen functional groups attached to an aromatic ring is 1. The van der Waals surface area contributed by atoms with E-state index in [2.05, 4.69) is 55.5 Å². The molecule has 0 atom stereocenters. The van der Waals surface area contributed by atoms with Crippen LogP contribution in [0.15, 0.2) is 60.7 Å². The van der Waals surface area contributed by atoms with Crippen molar-refractivity contribution in [2.75, 3.05) is 5.73 Å². The second-order valence-corrected chi connectivity index (χ2v) is 6.65. The number of unbranched alkanes of at least 4 members (excludes halogenated alkanes) is 1. The van der Waals surface area contributed by atoms with Crippen LogP contribution in [0.25, 0.3) is 22.3 Å². The van der Waals surface area contributed by atoms with Gasteiger partial charge in [-0.1, -0.05) is 67.9 Å². The van der Waals surface area contributed by atoms with Crippen molar-refractivity contribution in [2.45, 2.75) is 32.6 Å². The summed E-state index contributed by atoms with van der Waals surface area (Å²) in [6, 6.07) is 21.6. The summed E-state index contributed by atoms with van der Waals surface area (Å²) in [5.41, 5.74) is 16.8. The number of benzene rings is 3. The molecule has 0 saturated heterocycles. The van der Waals surface area contributed by atoms with Gasteiger partial charge in [0.25, 0.3) is 0 Å². The molecule has 0 radical (unpaired) electrons. The Morgan fingerprint density at radius 3 is 2.38 bits per heavy atom. The van der Waals surface area contributed by atoms with E-state index in [-0.39, 0.29) is 0 Å². The molecule has 24 heavy (non-hydrogen) atoms. The van der Waals surface area contributed by atoms with Crippen molar-refractivity contribution in [1.82, 2.24) is 0 Å². The molecule has 3 aromatic rings. The molecule has 3 aromatic carbocycles. The molecule has 1 heteroatoms. The Morgan fingerprint density at radius 1 is 0.833 bits per heavy atom. The van der Waals surface area contributed by atoms with Crippen LogP contribution in [-0.2, 0) is 12.8 Å². The van der Waals surface area contributed by atoms with E-state index in [0.29, 0.717) is 0 Å². The molecule has 1 aliphatic carbocycles. The fourth-order valence-corrected chi connectivity index (χ4v) is 3.89. The molecule has 1 nitrogen and oxygen atoms in total. The highest BCUT2D eigenvalue weighted by molar-refractivity contribution is 5.89. The number of hydrogen-bond acceptors (Lipinski definition) is 1. The van der Waals surface area contributed by atoms with Crippen molar-refractivity contribution < 1.29 is 0 Å². The van der Waals surface area contributed by atoms with Crippen molar-refractivity contribution in [1.29, 1.82) is 0 Å². The van der Waals surface area contributed by atoms with Crippen LogP contribution in [0.1, 0.15) is 36.5 Å². The van der Waals surface area contributed by atoms with E-state index in [4.69, 9.17) is 5.73 Å². The SMILES string of the molecule is CCCCc1ccc(-c2ccccc2N)c2c1-c1ccccc1C2. The van der Waals surface area contributed by atoms with Crippen LogP contribution in [-0.4, -0.2) is 0 Å². The van der Waals surface area contributed by atoms with Gasteiger partial charge in [-0.05, 0) is 58.7 Å². The standard InChI is InChI=1S/C23H23N/c1-2-3-8-16-13-14-19(20-11-6-7-12-22(20)24)21-15-17-9-4-5-10-18(17)23(16)21/h4-7,9-14H,2-3,8,15,24H2,1H3. The van der Waals surface area contributed by atoms with Gasteiger partial charge in [-0.2, -0.15) is 0 Å². The minimum absolute atomic E-state index is 0.858. The Morgan fingerprint density at radius 2 is 1.58 bits per heavy atom. The molecule has 120 valence electrons. The Kier molecular flexibility index (Phi) is 3.86. The third-order valence-corrected chi connectivity index (χ3v) is 5.10. The number of fused-ring (bicyclic) bond motifs is 3. The van der Waals surface area contributed by atoms with E-state index in [0.717, 1.165) is 24.1 Å². The Balaban J connectivity index is 1.93. The zero-order valence-electron chi connectivity index (χ0n) is 14.2. The summed E-state index contributed by atoms with van der Waals surface area (Å²) in [4.78, 5) is 0. The molecule has 0 amide bonds. The summed E-state index contributed by atoms with van der Waals surface area (Å²) in [5.74, 6) is 0. The first kappa shape index (κ1) is 15.0. The van der Waals surface area contributed by atoms with E-state index in [9.17, 15) is 0 Å². The predicted molar refractivity (Wildman–Crippen MR) is 103 cm³/mol. The maximum absolute atomic E-state index is 6.27. The largest absolute Gasteiger partial charge is 0.398 e. The molecule has 0 heterocycles. The van der Waals surface area contributed by atoms with E-state index < -0.39 is 0 Å². The Hall–Kier alpha value is -2.54. The third-order valence-electron chi connectivity index (χ3n) is 5.10. The van der Waals surface area contributed by atoms with Crippen LogP contribution >= 0.6 is 0 Å². The summed E-state index contributed by atoms with van der Waals surface area (Å²) in [6.07, 6.45) is 4.62. The summed E-state index contributed by atoms with van der Waals surface area (Å²) in [5, 5.41) is 0. The van der Waals surface area contributed by atoms with Crippen LogP contribution in [0.5, 0.6) is 0 Å². The van der Waals surface area contributed by atoms with E-state index in [1.54, 1.807) is 0 Å². The maximum atomic E-state index is 6.27. The maximum Gasteiger partial charge on any atom is 0.0393 e. The fraction of sp³-hybridized carbons (Fsp3) is 0.217. The van der Waals surface area contributed by atoms with Gasteiger partial charge in [0.15, 0.2) is 0 Å². The fourth-order valence-electron chi connectivity index (χ4n) is 3.89. The lowest BCUT2D eigenvalue weighted by atomic mass is 9.89. The van der Waals surface area contributed by atoms with Crippen molar-refractivity contribution in [3.63, 3.8) is 0 Å². The Labute approximate surface area is 144 Å². The van der Waals surface area contributed by atoms with Crippen LogP contribution in [0.3, 0.4) is 0 Å². The van der Waals surface area contributed by atoms with Gasteiger partial charge in [0.1, 0.15) is 0 Å². The highest BCUT2D eigenvalue weighted by atomic mass is 14.6. The number of para-hydroxylation sites is 1. The first-order valence-electron chi connectivity index (χ1n) is 8.87. The topological polar surface area (TPSA) is 26.0 Å². The molecular weight excluding hydrogens is 290 g/mol. The van der Waals surface area contributed by atoms with Gasteiger partial charge in [0, 0.05) is 11.3 Å². The molecule has 4 rings (SSSR count). The summed E-state index contributed by atoms with van der Waals surface area (Å²) in [7, 11) is 0.